The van der Waals surface area contributed by atoms with E-state index in [0.29, 0.717) is 0 Å². The van der Waals surface area contributed by atoms with Crippen molar-refractivity contribution in [3.63, 3.8) is 0 Å². The Morgan fingerprint density at radius 1 is 1.61 bits per heavy atom. The molecule has 3 nitrogen and oxygen atoms in total. The predicted octanol–water partition coefficient (Wildman–Crippen LogP) is 2.62. The van der Waals surface area contributed by atoms with E-state index in [0.717, 1.165) is 25.9 Å². The smallest absolute Gasteiger partial charge is 0.228 e. The molecule has 1 aliphatic heterocycles. The third-order valence-electron chi connectivity index (χ3n) is 3.94. The number of hydrogen-bond acceptors (Lipinski definition) is 3. The Labute approximate surface area is 113 Å². The third-order valence-corrected chi connectivity index (χ3v) is 5.12. The lowest BCUT2D eigenvalue weighted by molar-refractivity contribution is -0.131. The monoisotopic (exact) mass is 266 g/mol. The van der Waals surface area contributed by atoms with Crippen molar-refractivity contribution < 1.29 is 4.79 Å². The molecule has 100 valence electrons. The van der Waals surface area contributed by atoms with Crippen LogP contribution in [0.2, 0.25) is 0 Å². The van der Waals surface area contributed by atoms with E-state index in [2.05, 4.69) is 43.5 Å². The summed E-state index contributed by atoms with van der Waals surface area (Å²) in [4.78, 5) is 15.0. The zero-order chi connectivity index (χ0) is 13.2. The van der Waals surface area contributed by atoms with Crippen molar-refractivity contribution in [3.8, 4) is 0 Å². The van der Waals surface area contributed by atoms with Crippen LogP contribution in [0.1, 0.15) is 42.5 Å². The summed E-state index contributed by atoms with van der Waals surface area (Å²) in [6.45, 7) is 8.03. The molecule has 1 aliphatic rings. The number of rotatable bonds is 4. The molecule has 18 heavy (non-hydrogen) atoms. The number of nitrogens with one attached hydrogen (secondary N) is 2. The van der Waals surface area contributed by atoms with Crippen molar-refractivity contribution in [2.75, 3.05) is 13.1 Å². The van der Waals surface area contributed by atoms with Gasteiger partial charge in [0.15, 0.2) is 0 Å². The molecule has 0 bridgehead atoms. The molecule has 1 aromatic rings. The molecule has 2 heterocycles. The van der Waals surface area contributed by atoms with E-state index in [9.17, 15) is 4.79 Å². The highest BCUT2D eigenvalue weighted by molar-refractivity contribution is 7.12. The van der Waals surface area contributed by atoms with Gasteiger partial charge in [-0.15, -0.1) is 11.3 Å². The van der Waals surface area contributed by atoms with Crippen LogP contribution in [-0.2, 0) is 4.79 Å². The first kappa shape index (κ1) is 13.6. The van der Waals surface area contributed by atoms with Crippen LogP contribution in [-0.4, -0.2) is 19.0 Å². The number of carbonyl (C=O) groups is 1. The zero-order valence-electron chi connectivity index (χ0n) is 11.4. The van der Waals surface area contributed by atoms with Crippen LogP contribution < -0.4 is 10.6 Å². The molecule has 2 N–H and O–H groups in total. The van der Waals surface area contributed by atoms with Crippen molar-refractivity contribution in [1.82, 2.24) is 10.6 Å². The quantitative estimate of drug-likeness (QED) is 0.879. The number of carbonyl (C=O) groups excluding carboxylic acids is 1. The summed E-state index contributed by atoms with van der Waals surface area (Å²) in [6.07, 6.45) is 1.85. The highest BCUT2D eigenvalue weighted by Gasteiger charge is 2.39. The topological polar surface area (TPSA) is 41.1 Å². The molecule has 0 saturated carbocycles. The van der Waals surface area contributed by atoms with Gasteiger partial charge in [0, 0.05) is 16.3 Å². The summed E-state index contributed by atoms with van der Waals surface area (Å²) in [5, 5.41) is 6.48. The molecule has 0 aromatic carbocycles. The normalized spacial score (nSPS) is 25.1. The molecule has 2 rings (SSSR count). The molecule has 0 aliphatic carbocycles. The van der Waals surface area contributed by atoms with Crippen molar-refractivity contribution in [1.29, 1.82) is 0 Å². The Morgan fingerprint density at radius 2 is 2.39 bits per heavy atom. The van der Waals surface area contributed by atoms with Gasteiger partial charge in [-0.25, -0.2) is 0 Å². The average Bonchev–Trinajstić information content (AvgIpc) is 2.97. The Balaban J connectivity index is 2.02. The van der Waals surface area contributed by atoms with E-state index in [1.54, 1.807) is 11.3 Å². The maximum absolute atomic E-state index is 12.4. The Kier molecular flexibility index (Phi) is 4.07. The molecule has 2 unspecified atom stereocenters. The Hall–Kier alpha value is -0.870. The van der Waals surface area contributed by atoms with Gasteiger partial charge in [0.25, 0.3) is 0 Å². The summed E-state index contributed by atoms with van der Waals surface area (Å²) in [6, 6.07) is 4.33. The summed E-state index contributed by atoms with van der Waals surface area (Å²) < 4.78 is 0. The highest BCUT2D eigenvalue weighted by atomic mass is 32.1. The van der Waals surface area contributed by atoms with Crippen LogP contribution in [0.5, 0.6) is 0 Å². The summed E-state index contributed by atoms with van der Waals surface area (Å²) >= 11 is 1.76. The second-order valence-corrected chi connectivity index (χ2v) is 6.52. The first-order chi connectivity index (χ1) is 8.57. The molecule has 1 saturated heterocycles. The van der Waals surface area contributed by atoms with Crippen LogP contribution >= 0.6 is 11.3 Å². The Morgan fingerprint density at radius 3 is 2.89 bits per heavy atom. The minimum Gasteiger partial charge on any atom is -0.348 e. The maximum Gasteiger partial charge on any atom is 0.228 e. The van der Waals surface area contributed by atoms with E-state index in [-0.39, 0.29) is 17.4 Å². The first-order valence-electron chi connectivity index (χ1n) is 6.65. The van der Waals surface area contributed by atoms with E-state index in [1.165, 1.54) is 9.75 Å². The molecule has 4 heteroatoms. The van der Waals surface area contributed by atoms with Crippen LogP contribution in [0.4, 0.5) is 0 Å². The van der Waals surface area contributed by atoms with Crippen LogP contribution in [0.15, 0.2) is 12.1 Å². The van der Waals surface area contributed by atoms with Crippen molar-refractivity contribution in [2.24, 2.45) is 5.41 Å². The lowest BCUT2D eigenvalue weighted by Gasteiger charge is -2.27. The van der Waals surface area contributed by atoms with E-state index >= 15 is 0 Å². The van der Waals surface area contributed by atoms with Crippen LogP contribution in [0.25, 0.3) is 0 Å². The molecular formula is C14H22N2OS. The van der Waals surface area contributed by atoms with Gasteiger partial charge in [0.05, 0.1) is 11.5 Å². The van der Waals surface area contributed by atoms with Gasteiger partial charge in [-0.1, -0.05) is 6.92 Å². The Bertz CT molecular complexity index is 421. The fourth-order valence-electron chi connectivity index (χ4n) is 2.51. The number of thiophene rings is 1. The van der Waals surface area contributed by atoms with Crippen LogP contribution in [0, 0.1) is 12.3 Å². The van der Waals surface area contributed by atoms with Gasteiger partial charge in [-0.3, -0.25) is 4.79 Å². The van der Waals surface area contributed by atoms with Gasteiger partial charge < -0.3 is 10.6 Å². The molecule has 1 fully saturated rings. The lowest BCUT2D eigenvalue weighted by atomic mass is 9.83. The van der Waals surface area contributed by atoms with E-state index < -0.39 is 0 Å². The highest BCUT2D eigenvalue weighted by Crippen LogP contribution is 2.31. The number of aryl methyl sites for hydroxylation is 1. The maximum atomic E-state index is 12.4. The standard InChI is InChI=1S/C14H22N2OS/c1-4-14(7-8-15-9-14)13(17)16-11(3)12-6-5-10(2)18-12/h5-6,11,15H,4,7-9H2,1-3H3,(H,16,17). The molecule has 0 spiro atoms. The van der Waals surface area contributed by atoms with Crippen molar-refractivity contribution in [2.45, 2.75) is 39.7 Å². The zero-order valence-corrected chi connectivity index (χ0v) is 12.2. The SMILES string of the molecule is CCC1(C(=O)NC(C)c2ccc(C)s2)CCNC1. The fraction of sp³-hybridized carbons (Fsp3) is 0.643. The summed E-state index contributed by atoms with van der Waals surface area (Å²) in [5.41, 5.74) is -0.194. The van der Waals surface area contributed by atoms with Gasteiger partial charge in [-0.05, 0) is 45.4 Å². The minimum atomic E-state index is -0.194. The van der Waals surface area contributed by atoms with Crippen molar-refractivity contribution >= 4 is 17.2 Å². The van der Waals surface area contributed by atoms with E-state index in [4.69, 9.17) is 0 Å². The second kappa shape index (κ2) is 5.41. The van der Waals surface area contributed by atoms with Gasteiger partial charge >= 0.3 is 0 Å². The molecule has 1 aromatic heterocycles. The molecular weight excluding hydrogens is 244 g/mol. The number of hydrogen-bond donors (Lipinski definition) is 2. The predicted molar refractivity (Wildman–Crippen MR) is 75.8 cm³/mol. The lowest BCUT2D eigenvalue weighted by Crippen LogP contribution is -2.43. The minimum absolute atomic E-state index is 0.111. The van der Waals surface area contributed by atoms with Gasteiger partial charge in [-0.2, -0.15) is 0 Å². The summed E-state index contributed by atoms with van der Waals surface area (Å²) in [5.74, 6) is 0.202. The third kappa shape index (κ3) is 2.59. The van der Waals surface area contributed by atoms with Crippen molar-refractivity contribution in [3.05, 3.63) is 21.9 Å². The fourth-order valence-corrected chi connectivity index (χ4v) is 3.39. The van der Waals surface area contributed by atoms with Gasteiger partial charge in [0.2, 0.25) is 5.91 Å². The average molecular weight is 266 g/mol. The molecule has 2 atom stereocenters. The largest absolute Gasteiger partial charge is 0.348 e. The first-order valence-corrected chi connectivity index (χ1v) is 7.47. The second-order valence-electron chi connectivity index (χ2n) is 5.20. The van der Waals surface area contributed by atoms with E-state index in [1.807, 2.05) is 0 Å². The van der Waals surface area contributed by atoms with Gasteiger partial charge in [0.1, 0.15) is 0 Å². The summed E-state index contributed by atoms with van der Waals surface area (Å²) in [7, 11) is 0. The number of amides is 1. The molecule has 1 amide bonds. The van der Waals surface area contributed by atoms with Crippen LogP contribution in [0.3, 0.4) is 0 Å². The molecule has 0 radical (unpaired) electrons.